The first-order valence-electron chi connectivity index (χ1n) is 6.47. The maximum absolute atomic E-state index is 6.12. The van der Waals surface area contributed by atoms with Gasteiger partial charge in [0.25, 0.3) is 0 Å². The van der Waals surface area contributed by atoms with Crippen LogP contribution in [0.2, 0.25) is 5.02 Å². The van der Waals surface area contributed by atoms with Gasteiger partial charge in [0.1, 0.15) is 0 Å². The Bertz CT molecular complexity index is 604. The Morgan fingerprint density at radius 3 is 2.95 bits per heavy atom. The van der Waals surface area contributed by atoms with Crippen LogP contribution in [0.5, 0.6) is 0 Å². The van der Waals surface area contributed by atoms with E-state index >= 15 is 0 Å². The summed E-state index contributed by atoms with van der Waals surface area (Å²) in [5, 5.41) is 4.24. The Labute approximate surface area is 126 Å². The predicted molar refractivity (Wildman–Crippen MR) is 84.5 cm³/mol. The highest BCUT2D eigenvalue weighted by atomic mass is 79.9. The van der Waals surface area contributed by atoms with Crippen LogP contribution in [-0.4, -0.2) is 6.04 Å². The van der Waals surface area contributed by atoms with E-state index in [9.17, 15) is 0 Å². The standard InChI is InChI=1S/C15H16BrClN2/c1-8-12(16)6-10-2-4-11-9(7-14(10)19-8)3-5-13(17)15(11)18/h3,5-6,8,19H,2,4,7,18H2,1H3. The lowest BCUT2D eigenvalue weighted by atomic mass is 10.0. The van der Waals surface area contributed by atoms with Crippen LogP contribution in [0, 0.1) is 0 Å². The number of nitrogen functional groups attached to an aromatic ring is 1. The highest BCUT2D eigenvalue weighted by Crippen LogP contribution is 2.35. The van der Waals surface area contributed by atoms with Gasteiger partial charge in [0.2, 0.25) is 0 Å². The Hall–Kier alpha value is -0.930. The van der Waals surface area contributed by atoms with Crippen LogP contribution in [0.25, 0.3) is 0 Å². The Morgan fingerprint density at radius 1 is 1.37 bits per heavy atom. The molecule has 19 heavy (non-hydrogen) atoms. The highest BCUT2D eigenvalue weighted by molar-refractivity contribution is 9.11. The molecule has 0 radical (unpaired) electrons. The lowest BCUT2D eigenvalue weighted by molar-refractivity contribution is 0.680. The van der Waals surface area contributed by atoms with Gasteiger partial charge in [0.15, 0.2) is 0 Å². The van der Waals surface area contributed by atoms with Crippen molar-refractivity contribution >= 4 is 33.2 Å². The van der Waals surface area contributed by atoms with Crippen molar-refractivity contribution in [3.63, 3.8) is 0 Å². The van der Waals surface area contributed by atoms with Crippen molar-refractivity contribution in [3.8, 4) is 0 Å². The molecular formula is C15H16BrClN2. The number of dihydropyridines is 1. The summed E-state index contributed by atoms with van der Waals surface area (Å²) >= 11 is 9.75. The molecule has 0 amide bonds. The van der Waals surface area contributed by atoms with E-state index in [1.165, 1.54) is 26.9 Å². The van der Waals surface area contributed by atoms with Gasteiger partial charge in [-0.15, -0.1) is 0 Å². The molecule has 3 N–H and O–H groups in total. The third-order valence-corrected chi connectivity index (χ3v) is 5.16. The van der Waals surface area contributed by atoms with Crippen molar-refractivity contribution in [1.82, 2.24) is 5.32 Å². The largest absolute Gasteiger partial charge is 0.397 e. The van der Waals surface area contributed by atoms with E-state index < -0.39 is 0 Å². The average molecular weight is 340 g/mol. The van der Waals surface area contributed by atoms with E-state index in [-0.39, 0.29) is 0 Å². The van der Waals surface area contributed by atoms with Gasteiger partial charge < -0.3 is 11.1 Å². The fourth-order valence-corrected chi connectivity index (χ4v) is 3.35. The summed E-state index contributed by atoms with van der Waals surface area (Å²) in [6, 6.07) is 4.34. The van der Waals surface area contributed by atoms with Crippen molar-refractivity contribution in [2.75, 3.05) is 5.73 Å². The minimum atomic E-state index is 0.338. The van der Waals surface area contributed by atoms with Gasteiger partial charge in [-0.1, -0.05) is 33.6 Å². The average Bonchev–Trinajstić information content (AvgIpc) is 2.55. The van der Waals surface area contributed by atoms with Crippen LogP contribution >= 0.6 is 27.5 Å². The van der Waals surface area contributed by atoms with E-state index in [2.05, 4.69) is 40.3 Å². The maximum Gasteiger partial charge on any atom is 0.0638 e. The number of benzene rings is 1. The first-order valence-corrected chi connectivity index (χ1v) is 7.64. The summed E-state index contributed by atoms with van der Waals surface area (Å²) in [6.07, 6.45) is 5.11. The number of hydrogen-bond donors (Lipinski definition) is 2. The molecule has 0 fully saturated rings. The fraction of sp³-hybridized carbons (Fsp3) is 0.333. The first kappa shape index (κ1) is 13.1. The van der Waals surface area contributed by atoms with Crippen LogP contribution in [0.4, 0.5) is 5.69 Å². The second-order valence-corrected chi connectivity index (χ2v) is 6.50. The number of nitrogens with two attached hydrogens (primary N) is 1. The van der Waals surface area contributed by atoms with Gasteiger partial charge in [-0.2, -0.15) is 0 Å². The number of nitrogens with one attached hydrogen (secondary N) is 1. The molecule has 2 nitrogen and oxygen atoms in total. The molecule has 1 aromatic rings. The SMILES string of the molecule is CC1NC2=C(C=C1Br)CCc1c(ccc(Cl)c1N)C2. The molecule has 1 aliphatic heterocycles. The molecule has 1 heterocycles. The summed E-state index contributed by atoms with van der Waals surface area (Å²) in [6.45, 7) is 2.16. The van der Waals surface area contributed by atoms with Crippen LogP contribution in [0.3, 0.4) is 0 Å². The molecule has 1 atom stereocenters. The monoisotopic (exact) mass is 338 g/mol. The summed E-state index contributed by atoms with van der Waals surface area (Å²) in [5.41, 5.74) is 12.1. The summed E-state index contributed by atoms with van der Waals surface area (Å²) in [7, 11) is 0. The van der Waals surface area contributed by atoms with Crippen LogP contribution < -0.4 is 11.1 Å². The predicted octanol–water partition coefficient (Wildman–Crippen LogP) is 3.94. The minimum absolute atomic E-state index is 0.338. The fourth-order valence-electron chi connectivity index (χ4n) is 2.78. The van der Waals surface area contributed by atoms with Gasteiger partial charge in [-0.05, 0) is 48.6 Å². The van der Waals surface area contributed by atoms with Gasteiger partial charge >= 0.3 is 0 Å². The number of allylic oxidation sites excluding steroid dienone is 3. The van der Waals surface area contributed by atoms with Crippen molar-refractivity contribution in [3.05, 3.63) is 50.1 Å². The van der Waals surface area contributed by atoms with Gasteiger partial charge in [0.05, 0.1) is 16.8 Å². The second kappa shape index (κ2) is 4.88. The highest BCUT2D eigenvalue weighted by Gasteiger charge is 2.22. The van der Waals surface area contributed by atoms with Crippen LogP contribution in [-0.2, 0) is 12.8 Å². The molecule has 4 heteroatoms. The van der Waals surface area contributed by atoms with Gasteiger partial charge in [0, 0.05) is 16.6 Å². The quantitative estimate of drug-likeness (QED) is 0.703. The van der Waals surface area contributed by atoms with E-state index in [1.807, 2.05) is 6.07 Å². The maximum atomic E-state index is 6.12. The number of fused-ring (bicyclic) bond motifs is 1. The van der Waals surface area contributed by atoms with Gasteiger partial charge in [-0.3, -0.25) is 0 Å². The normalized spacial score (nSPS) is 22.1. The Morgan fingerprint density at radius 2 is 2.16 bits per heavy atom. The molecule has 1 aromatic carbocycles. The van der Waals surface area contributed by atoms with Crippen molar-refractivity contribution in [1.29, 1.82) is 0 Å². The molecule has 0 spiro atoms. The zero-order chi connectivity index (χ0) is 13.6. The summed E-state index contributed by atoms with van der Waals surface area (Å²) in [4.78, 5) is 0. The molecule has 1 aliphatic carbocycles. The molecule has 0 bridgehead atoms. The van der Waals surface area contributed by atoms with Crippen LogP contribution in [0.15, 0.2) is 34.0 Å². The molecular weight excluding hydrogens is 324 g/mol. The minimum Gasteiger partial charge on any atom is -0.397 e. The summed E-state index contributed by atoms with van der Waals surface area (Å²) < 4.78 is 1.21. The molecule has 0 aromatic heterocycles. The lowest BCUT2D eigenvalue weighted by Gasteiger charge is -2.24. The molecule has 1 unspecified atom stereocenters. The summed E-state index contributed by atoms with van der Waals surface area (Å²) in [5.74, 6) is 0. The van der Waals surface area contributed by atoms with Crippen LogP contribution in [0.1, 0.15) is 24.5 Å². The Kier molecular flexibility index (Phi) is 3.35. The zero-order valence-electron chi connectivity index (χ0n) is 10.8. The van der Waals surface area contributed by atoms with Crippen molar-refractivity contribution in [2.45, 2.75) is 32.2 Å². The second-order valence-electron chi connectivity index (χ2n) is 5.17. The molecule has 2 aliphatic rings. The van der Waals surface area contributed by atoms with E-state index in [0.29, 0.717) is 11.1 Å². The first-order chi connectivity index (χ1) is 9.06. The number of hydrogen-bond acceptors (Lipinski definition) is 2. The van der Waals surface area contributed by atoms with Crippen molar-refractivity contribution in [2.24, 2.45) is 0 Å². The number of rotatable bonds is 0. The molecule has 3 rings (SSSR count). The molecule has 100 valence electrons. The van der Waals surface area contributed by atoms with E-state index in [4.69, 9.17) is 17.3 Å². The van der Waals surface area contributed by atoms with E-state index in [0.717, 1.165) is 24.9 Å². The Balaban J connectivity index is 2.02. The van der Waals surface area contributed by atoms with Crippen molar-refractivity contribution < 1.29 is 0 Å². The van der Waals surface area contributed by atoms with E-state index in [1.54, 1.807) is 0 Å². The number of anilines is 1. The third-order valence-electron chi connectivity index (χ3n) is 3.92. The zero-order valence-corrected chi connectivity index (χ0v) is 13.1. The smallest absolute Gasteiger partial charge is 0.0638 e. The third kappa shape index (κ3) is 2.30. The molecule has 0 saturated carbocycles. The number of halogens is 2. The molecule has 0 saturated heterocycles. The lowest BCUT2D eigenvalue weighted by Crippen LogP contribution is -2.30. The van der Waals surface area contributed by atoms with Gasteiger partial charge in [-0.25, -0.2) is 0 Å². The topological polar surface area (TPSA) is 38.0 Å².